The second kappa shape index (κ2) is 11.6. The number of aromatic nitrogens is 3. The van der Waals surface area contributed by atoms with Gasteiger partial charge in [-0.2, -0.15) is 0 Å². The SMILES string of the molecule is Clc1cc(-c2cccc3c(-c4nc(-c5ccc6ccccc6c5)nc(-c5cccc6c5oc5ccccc56)n4)cccc23)c2c(c1)oc1ccccc12. The average Bonchev–Trinajstić information content (AvgIpc) is 3.78. The van der Waals surface area contributed by atoms with Crippen LogP contribution in [0, 0.1) is 0 Å². The van der Waals surface area contributed by atoms with Crippen LogP contribution in [-0.4, -0.2) is 15.0 Å². The van der Waals surface area contributed by atoms with Gasteiger partial charge in [0.15, 0.2) is 17.5 Å². The second-order valence-electron chi connectivity index (χ2n) is 13.3. The van der Waals surface area contributed by atoms with E-state index >= 15 is 0 Å². The van der Waals surface area contributed by atoms with Crippen LogP contribution in [0.2, 0.25) is 5.02 Å². The molecule has 0 atom stereocenters. The van der Waals surface area contributed by atoms with E-state index in [9.17, 15) is 0 Å². The number of benzene rings is 8. The summed E-state index contributed by atoms with van der Waals surface area (Å²) in [6.07, 6.45) is 0. The third kappa shape index (κ3) is 4.75. The third-order valence-electron chi connectivity index (χ3n) is 10.2. The minimum atomic E-state index is 0.539. The Morgan fingerprint density at radius 3 is 1.81 bits per heavy atom. The molecule has 3 aromatic heterocycles. The zero-order valence-corrected chi connectivity index (χ0v) is 28.8. The van der Waals surface area contributed by atoms with Crippen molar-refractivity contribution in [3.05, 3.63) is 163 Å². The number of hydrogen-bond acceptors (Lipinski definition) is 5. The molecule has 53 heavy (non-hydrogen) atoms. The van der Waals surface area contributed by atoms with Crippen molar-refractivity contribution in [3.63, 3.8) is 0 Å². The standard InChI is InChI=1S/C47H26ClN3O2/c48-30-25-39(43-37-13-4-6-21-41(37)52-42(43)26-30)33-16-7-15-32-31(33)14-8-18-36(32)46-49-45(29-23-22-27-10-1-2-11-28(27)24-29)50-47(51-46)38-19-9-17-35-34-12-3-5-20-40(34)53-44(35)38/h1-26H. The van der Waals surface area contributed by atoms with Crippen LogP contribution in [0.5, 0.6) is 0 Å². The molecular formula is C47H26ClN3O2. The lowest BCUT2D eigenvalue weighted by Crippen LogP contribution is -2.01. The minimum Gasteiger partial charge on any atom is -0.456 e. The highest BCUT2D eigenvalue weighted by Gasteiger charge is 2.21. The monoisotopic (exact) mass is 699 g/mol. The van der Waals surface area contributed by atoms with Gasteiger partial charge in [-0.25, -0.2) is 15.0 Å². The molecular weight excluding hydrogens is 674 g/mol. The zero-order chi connectivity index (χ0) is 35.0. The van der Waals surface area contributed by atoms with Gasteiger partial charge in [-0.05, 0) is 63.0 Å². The minimum absolute atomic E-state index is 0.539. The summed E-state index contributed by atoms with van der Waals surface area (Å²) >= 11 is 6.74. The lowest BCUT2D eigenvalue weighted by atomic mass is 9.93. The first-order valence-corrected chi connectivity index (χ1v) is 17.8. The van der Waals surface area contributed by atoms with Crippen LogP contribution >= 0.6 is 11.6 Å². The summed E-state index contributed by atoms with van der Waals surface area (Å²) in [6, 6.07) is 53.5. The first-order chi connectivity index (χ1) is 26.2. The fourth-order valence-corrected chi connectivity index (χ4v) is 7.98. The Balaban J connectivity index is 1.17. The van der Waals surface area contributed by atoms with Gasteiger partial charge in [0.1, 0.15) is 22.3 Å². The number of para-hydroxylation sites is 3. The maximum atomic E-state index is 6.74. The van der Waals surface area contributed by atoms with Gasteiger partial charge >= 0.3 is 0 Å². The molecule has 0 unspecified atom stereocenters. The van der Waals surface area contributed by atoms with Crippen LogP contribution in [0.15, 0.2) is 167 Å². The molecule has 0 aliphatic carbocycles. The first-order valence-electron chi connectivity index (χ1n) is 17.5. The Labute approximate surface area is 307 Å². The van der Waals surface area contributed by atoms with Gasteiger partial charge in [-0.1, -0.05) is 133 Å². The van der Waals surface area contributed by atoms with Crippen molar-refractivity contribution in [1.29, 1.82) is 0 Å². The van der Waals surface area contributed by atoms with Crippen molar-refractivity contribution in [2.45, 2.75) is 0 Å². The zero-order valence-electron chi connectivity index (χ0n) is 28.0. The molecule has 11 rings (SSSR count). The molecule has 11 aromatic rings. The molecule has 0 saturated heterocycles. The summed E-state index contributed by atoms with van der Waals surface area (Å²) in [7, 11) is 0. The van der Waals surface area contributed by atoms with E-state index in [0.29, 0.717) is 22.5 Å². The second-order valence-corrected chi connectivity index (χ2v) is 13.7. The molecule has 0 radical (unpaired) electrons. The molecule has 3 heterocycles. The number of nitrogens with zero attached hydrogens (tertiary/aromatic N) is 3. The van der Waals surface area contributed by atoms with Crippen LogP contribution in [0.4, 0.5) is 0 Å². The number of halogens is 1. The predicted octanol–water partition coefficient (Wildman–Crippen LogP) is 13.3. The third-order valence-corrected chi connectivity index (χ3v) is 10.4. The summed E-state index contributed by atoms with van der Waals surface area (Å²) < 4.78 is 12.7. The molecule has 0 N–H and O–H groups in total. The van der Waals surface area contributed by atoms with Gasteiger partial charge in [-0.15, -0.1) is 0 Å². The molecule has 0 aliphatic rings. The Morgan fingerprint density at radius 2 is 0.981 bits per heavy atom. The van der Waals surface area contributed by atoms with Crippen LogP contribution in [0.25, 0.3) is 111 Å². The van der Waals surface area contributed by atoms with Crippen molar-refractivity contribution >= 4 is 77.0 Å². The smallest absolute Gasteiger partial charge is 0.167 e. The average molecular weight is 700 g/mol. The maximum absolute atomic E-state index is 6.74. The highest BCUT2D eigenvalue weighted by atomic mass is 35.5. The van der Waals surface area contributed by atoms with E-state index in [1.54, 1.807) is 0 Å². The summed E-state index contributed by atoms with van der Waals surface area (Å²) in [5.74, 6) is 1.69. The fraction of sp³-hybridized carbons (Fsp3) is 0. The van der Waals surface area contributed by atoms with Gasteiger partial charge in [0.05, 0.1) is 5.56 Å². The Bertz CT molecular complexity index is 3270. The van der Waals surface area contributed by atoms with Gasteiger partial charge in [0.25, 0.3) is 0 Å². The van der Waals surface area contributed by atoms with Crippen molar-refractivity contribution in [3.8, 4) is 45.3 Å². The van der Waals surface area contributed by atoms with E-state index in [1.165, 1.54) is 0 Å². The van der Waals surface area contributed by atoms with E-state index in [-0.39, 0.29) is 0 Å². The van der Waals surface area contributed by atoms with Crippen molar-refractivity contribution in [1.82, 2.24) is 15.0 Å². The highest BCUT2D eigenvalue weighted by Crippen LogP contribution is 2.43. The van der Waals surface area contributed by atoms with Gasteiger partial charge in [-0.3, -0.25) is 0 Å². The molecule has 0 saturated carbocycles. The number of fused-ring (bicyclic) bond motifs is 8. The summed E-state index contributed by atoms with van der Waals surface area (Å²) in [4.78, 5) is 15.5. The van der Waals surface area contributed by atoms with Crippen molar-refractivity contribution in [2.24, 2.45) is 0 Å². The lowest BCUT2D eigenvalue weighted by molar-refractivity contribution is 0.669. The van der Waals surface area contributed by atoms with Gasteiger partial charge in [0.2, 0.25) is 0 Å². The van der Waals surface area contributed by atoms with Crippen molar-refractivity contribution < 1.29 is 8.83 Å². The molecule has 6 heteroatoms. The van der Waals surface area contributed by atoms with E-state index < -0.39 is 0 Å². The number of furan rings is 2. The van der Waals surface area contributed by atoms with Crippen molar-refractivity contribution in [2.75, 3.05) is 0 Å². The van der Waals surface area contributed by atoms with E-state index in [4.69, 9.17) is 35.4 Å². The summed E-state index contributed by atoms with van der Waals surface area (Å²) in [5.41, 5.74) is 7.78. The fourth-order valence-electron chi connectivity index (χ4n) is 7.77. The lowest BCUT2D eigenvalue weighted by Gasteiger charge is -2.13. The predicted molar refractivity (Wildman–Crippen MR) is 216 cm³/mol. The van der Waals surface area contributed by atoms with Crippen LogP contribution in [0.1, 0.15) is 0 Å². The quantitative estimate of drug-likeness (QED) is 0.183. The Hall–Kier alpha value is -6.82. The maximum Gasteiger partial charge on any atom is 0.167 e. The van der Waals surface area contributed by atoms with Gasteiger partial charge in [0, 0.05) is 43.8 Å². The molecule has 0 aliphatic heterocycles. The Kier molecular flexibility index (Phi) is 6.54. The number of rotatable bonds is 4. The molecule has 5 nitrogen and oxygen atoms in total. The first kappa shape index (κ1) is 29.9. The molecule has 248 valence electrons. The largest absolute Gasteiger partial charge is 0.456 e. The topological polar surface area (TPSA) is 65.0 Å². The summed E-state index contributed by atoms with van der Waals surface area (Å²) in [5, 5.41) is 9.08. The highest BCUT2D eigenvalue weighted by molar-refractivity contribution is 6.32. The number of hydrogen-bond donors (Lipinski definition) is 0. The normalized spacial score (nSPS) is 11.9. The molecule has 0 bridgehead atoms. The molecule has 0 amide bonds. The summed E-state index contributed by atoms with van der Waals surface area (Å²) in [6.45, 7) is 0. The molecule has 0 spiro atoms. The van der Waals surface area contributed by atoms with E-state index in [2.05, 4.69) is 84.9 Å². The van der Waals surface area contributed by atoms with Crippen LogP contribution in [-0.2, 0) is 0 Å². The van der Waals surface area contributed by atoms with Crippen LogP contribution in [0.3, 0.4) is 0 Å². The van der Waals surface area contributed by atoms with E-state index in [1.807, 2.05) is 72.8 Å². The Morgan fingerprint density at radius 1 is 0.377 bits per heavy atom. The van der Waals surface area contributed by atoms with Gasteiger partial charge < -0.3 is 8.83 Å². The van der Waals surface area contributed by atoms with Crippen LogP contribution < -0.4 is 0 Å². The molecule has 8 aromatic carbocycles. The molecule has 0 fully saturated rings. The van der Waals surface area contributed by atoms with E-state index in [0.717, 1.165) is 93.2 Å².